The van der Waals surface area contributed by atoms with Gasteiger partial charge in [0, 0.05) is 17.5 Å². The van der Waals surface area contributed by atoms with Gasteiger partial charge in [0.05, 0.1) is 17.5 Å². The number of aromatic nitrogens is 3. The van der Waals surface area contributed by atoms with Crippen LogP contribution >= 0.6 is 0 Å². The first-order valence-corrected chi connectivity index (χ1v) is 4.80. The molecule has 0 amide bonds. The van der Waals surface area contributed by atoms with Crippen molar-refractivity contribution in [3.63, 3.8) is 0 Å². The molecule has 0 atom stereocenters. The molecular formula is C11H8N4. The number of aryl methyl sites for hydroxylation is 2. The maximum absolute atomic E-state index is 8.79. The minimum atomic E-state index is 0.626. The highest BCUT2D eigenvalue weighted by Crippen LogP contribution is 2.30. The molecule has 0 bridgehead atoms. The summed E-state index contributed by atoms with van der Waals surface area (Å²) in [4.78, 5) is 4.32. The lowest BCUT2D eigenvalue weighted by atomic mass is 9.93. The molecule has 15 heavy (non-hydrogen) atoms. The molecule has 3 rings (SSSR count). The molecule has 0 aliphatic heterocycles. The molecule has 72 valence electrons. The monoisotopic (exact) mass is 196 g/mol. The van der Waals surface area contributed by atoms with Crippen LogP contribution in [0, 0.1) is 11.3 Å². The number of H-pyrrole nitrogens is 1. The van der Waals surface area contributed by atoms with Crippen LogP contribution in [0.1, 0.15) is 16.8 Å². The molecule has 2 aromatic heterocycles. The Labute approximate surface area is 86.6 Å². The summed E-state index contributed by atoms with van der Waals surface area (Å²) in [6.07, 6.45) is 5.28. The van der Waals surface area contributed by atoms with Crippen molar-refractivity contribution in [2.24, 2.45) is 0 Å². The zero-order chi connectivity index (χ0) is 10.3. The number of pyridine rings is 1. The van der Waals surface area contributed by atoms with Crippen molar-refractivity contribution in [2.45, 2.75) is 12.8 Å². The zero-order valence-corrected chi connectivity index (χ0v) is 7.99. The minimum absolute atomic E-state index is 0.626. The normalized spacial score (nSPS) is 12.7. The number of aromatic amines is 1. The van der Waals surface area contributed by atoms with Crippen LogP contribution < -0.4 is 0 Å². The number of rotatable bonds is 0. The van der Waals surface area contributed by atoms with Crippen LogP contribution in [0.25, 0.3) is 11.3 Å². The van der Waals surface area contributed by atoms with Crippen molar-refractivity contribution < 1.29 is 0 Å². The molecule has 1 aliphatic carbocycles. The number of hydrogen-bond acceptors (Lipinski definition) is 3. The Morgan fingerprint density at radius 3 is 3.13 bits per heavy atom. The second-order valence-electron chi connectivity index (χ2n) is 3.61. The van der Waals surface area contributed by atoms with Crippen molar-refractivity contribution in [1.29, 1.82) is 5.26 Å². The fourth-order valence-electron chi connectivity index (χ4n) is 1.97. The van der Waals surface area contributed by atoms with Crippen molar-refractivity contribution in [1.82, 2.24) is 15.2 Å². The van der Waals surface area contributed by atoms with Gasteiger partial charge in [0.25, 0.3) is 0 Å². The van der Waals surface area contributed by atoms with Crippen LogP contribution in [-0.2, 0) is 12.8 Å². The third-order valence-electron chi connectivity index (χ3n) is 2.71. The molecule has 2 heterocycles. The maximum atomic E-state index is 8.79. The summed E-state index contributed by atoms with van der Waals surface area (Å²) in [5, 5.41) is 15.8. The SMILES string of the molecule is N#Cc1cnc2c(c1)CCc1[nH]ncc1-2. The Kier molecular flexibility index (Phi) is 1.59. The van der Waals surface area contributed by atoms with Gasteiger partial charge in [-0.05, 0) is 24.5 Å². The van der Waals surface area contributed by atoms with Gasteiger partial charge in [-0.15, -0.1) is 0 Å². The summed E-state index contributed by atoms with van der Waals surface area (Å²) >= 11 is 0. The Bertz CT molecular complexity index is 562. The summed E-state index contributed by atoms with van der Waals surface area (Å²) in [6, 6.07) is 4.02. The van der Waals surface area contributed by atoms with Crippen molar-refractivity contribution >= 4 is 0 Å². The van der Waals surface area contributed by atoms with Gasteiger partial charge in [0.15, 0.2) is 0 Å². The van der Waals surface area contributed by atoms with Gasteiger partial charge in [0.2, 0.25) is 0 Å². The quantitative estimate of drug-likeness (QED) is 0.693. The third-order valence-corrected chi connectivity index (χ3v) is 2.71. The molecule has 0 saturated heterocycles. The lowest BCUT2D eigenvalue weighted by Gasteiger charge is -2.14. The molecule has 4 nitrogen and oxygen atoms in total. The molecular weight excluding hydrogens is 188 g/mol. The van der Waals surface area contributed by atoms with Crippen molar-refractivity contribution in [2.75, 3.05) is 0 Å². The fourth-order valence-corrected chi connectivity index (χ4v) is 1.97. The van der Waals surface area contributed by atoms with E-state index in [2.05, 4.69) is 21.3 Å². The number of fused-ring (bicyclic) bond motifs is 3. The lowest BCUT2D eigenvalue weighted by molar-refractivity contribution is 0.873. The molecule has 1 N–H and O–H groups in total. The third kappa shape index (κ3) is 1.13. The van der Waals surface area contributed by atoms with E-state index in [1.807, 2.05) is 6.07 Å². The second kappa shape index (κ2) is 2.92. The fraction of sp³-hybridized carbons (Fsp3) is 0.182. The summed E-state index contributed by atoms with van der Waals surface area (Å²) in [7, 11) is 0. The minimum Gasteiger partial charge on any atom is -0.282 e. The van der Waals surface area contributed by atoms with Crippen LogP contribution in [0.2, 0.25) is 0 Å². The smallest absolute Gasteiger partial charge is 0.101 e. The van der Waals surface area contributed by atoms with E-state index in [1.54, 1.807) is 12.4 Å². The Morgan fingerprint density at radius 1 is 1.33 bits per heavy atom. The molecule has 0 aromatic carbocycles. The van der Waals surface area contributed by atoms with E-state index >= 15 is 0 Å². The van der Waals surface area contributed by atoms with Gasteiger partial charge in [0.1, 0.15) is 6.07 Å². The Morgan fingerprint density at radius 2 is 2.27 bits per heavy atom. The number of nitriles is 1. The van der Waals surface area contributed by atoms with Crippen LogP contribution in [0.3, 0.4) is 0 Å². The van der Waals surface area contributed by atoms with E-state index in [0.717, 1.165) is 35.4 Å². The Balaban J connectivity index is 2.23. The molecule has 0 radical (unpaired) electrons. The average molecular weight is 196 g/mol. The van der Waals surface area contributed by atoms with Crippen LogP contribution in [0.5, 0.6) is 0 Å². The van der Waals surface area contributed by atoms with Gasteiger partial charge < -0.3 is 0 Å². The molecule has 0 fully saturated rings. The molecule has 0 unspecified atom stereocenters. The maximum Gasteiger partial charge on any atom is 0.101 e. The second-order valence-corrected chi connectivity index (χ2v) is 3.61. The topological polar surface area (TPSA) is 65.4 Å². The predicted octanol–water partition coefficient (Wildman–Crippen LogP) is 1.44. The van der Waals surface area contributed by atoms with E-state index in [4.69, 9.17) is 5.26 Å². The number of nitrogens with one attached hydrogen (secondary N) is 1. The lowest BCUT2D eigenvalue weighted by Crippen LogP contribution is -2.05. The van der Waals surface area contributed by atoms with E-state index < -0.39 is 0 Å². The standard InChI is InChI=1S/C11H8N4/c12-4-7-3-8-1-2-10-9(6-14-15-10)11(8)13-5-7/h3,5-6H,1-2H2,(H,14,15). The first-order valence-electron chi connectivity index (χ1n) is 4.80. The molecule has 0 saturated carbocycles. The first-order chi connectivity index (χ1) is 7.38. The summed E-state index contributed by atoms with van der Waals surface area (Å²) < 4.78 is 0. The summed E-state index contributed by atoms with van der Waals surface area (Å²) in [6.45, 7) is 0. The van der Waals surface area contributed by atoms with Gasteiger partial charge in [-0.25, -0.2) is 0 Å². The van der Waals surface area contributed by atoms with E-state index in [-0.39, 0.29) is 0 Å². The highest BCUT2D eigenvalue weighted by molar-refractivity contribution is 5.67. The molecule has 1 aliphatic rings. The highest BCUT2D eigenvalue weighted by Gasteiger charge is 2.18. The van der Waals surface area contributed by atoms with Gasteiger partial charge in [-0.1, -0.05) is 0 Å². The summed E-state index contributed by atoms with van der Waals surface area (Å²) in [5.74, 6) is 0. The molecule has 0 spiro atoms. The molecule has 4 heteroatoms. The van der Waals surface area contributed by atoms with Crippen molar-refractivity contribution in [3.05, 3.63) is 35.3 Å². The summed E-state index contributed by atoms with van der Waals surface area (Å²) in [5.41, 5.74) is 4.94. The average Bonchev–Trinajstić information content (AvgIpc) is 2.76. The van der Waals surface area contributed by atoms with E-state index in [0.29, 0.717) is 5.56 Å². The Hall–Kier alpha value is -2.15. The van der Waals surface area contributed by atoms with Crippen molar-refractivity contribution in [3.8, 4) is 17.3 Å². The number of hydrogen-bond donors (Lipinski definition) is 1. The number of nitrogens with zero attached hydrogens (tertiary/aromatic N) is 3. The van der Waals surface area contributed by atoms with Gasteiger partial charge in [-0.3, -0.25) is 10.1 Å². The van der Waals surface area contributed by atoms with Crippen LogP contribution in [0.15, 0.2) is 18.5 Å². The van der Waals surface area contributed by atoms with E-state index in [9.17, 15) is 0 Å². The highest BCUT2D eigenvalue weighted by atomic mass is 15.1. The van der Waals surface area contributed by atoms with Gasteiger partial charge in [-0.2, -0.15) is 10.4 Å². The van der Waals surface area contributed by atoms with Gasteiger partial charge >= 0.3 is 0 Å². The predicted molar refractivity (Wildman–Crippen MR) is 53.9 cm³/mol. The molecule has 2 aromatic rings. The van der Waals surface area contributed by atoms with Crippen LogP contribution in [-0.4, -0.2) is 15.2 Å². The first kappa shape index (κ1) is 8.18. The largest absolute Gasteiger partial charge is 0.282 e. The zero-order valence-electron chi connectivity index (χ0n) is 7.99. The van der Waals surface area contributed by atoms with E-state index in [1.165, 1.54) is 0 Å². The van der Waals surface area contributed by atoms with Crippen LogP contribution in [0.4, 0.5) is 0 Å².